The molecule has 2 aliphatic carbocycles. The quantitative estimate of drug-likeness (QED) is 0.829. The van der Waals surface area contributed by atoms with Crippen LogP contribution in [0.2, 0.25) is 0 Å². The van der Waals surface area contributed by atoms with Gasteiger partial charge in [-0.25, -0.2) is 0 Å². The number of nitrogens with one attached hydrogen (secondary N) is 1. The largest absolute Gasteiger partial charge is 0.313 e. The van der Waals surface area contributed by atoms with Crippen LogP contribution in [-0.2, 0) is 6.42 Å². The molecular formula is C14H20BrNS. The first-order chi connectivity index (χ1) is 8.16. The van der Waals surface area contributed by atoms with Crippen molar-refractivity contribution in [3.05, 3.63) is 20.8 Å². The van der Waals surface area contributed by atoms with Gasteiger partial charge < -0.3 is 5.32 Å². The third-order valence-electron chi connectivity index (χ3n) is 4.13. The van der Waals surface area contributed by atoms with E-state index in [1.54, 1.807) is 0 Å². The Bertz CT molecular complexity index is 395. The summed E-state index contributed by atoms with van der Waals surface area (Å²) in [5.74, 6) is 0.953. The van der Waals surface area contributed by atoms with Crippen molar-refractivity contribution in [1.82, 2.24) is 5.32 Å². The normalized spacial score (nSPS) is 23.6. The van der Waals surface area contributed by atoms with Crippen LogP contribution < -0.4 is 5.32 Å². The molecule has 0 bridgehead atoms. The van der Waals surface area contributed by atoms with Crippen molar-refractivity contribution in [2.24, 2.45) is 11.3 Å². The van der Waals surface area contributed by atoms with Crippen LogP contribution in [0.4, 0.5) is 0 Å². The topological polar surface area (TPSA) is 12.0 Å². The maximum absolute atomic E-state index is 3.74. The minimum absolute atomic E-state index is 0.479. The number of hydrogen-bond donors (Lipinski definition) is 1. The summed E-state index contributed by atoms with van der Waals surface area (Å²) in [6, 6.07) is 3.13. The van der Waals surface area contributed by atoms with Gasteiger partial charge in [0.05, 0.1) is 0 Å². The molecule has 94 valence electrons. The lowest BCUT2D eigenvalue weighted by molar-refractivity contribution is 0.256. The molecule has 1 heterocycles. The summed E-state index contributed by atoms with van der Waals surface area (Å²) in [6.07, 6.45) is 6.91. The maximum Gasteiger partial charge on any atom is 0.0285 e. The van der Waals surface area contributed by atoms with Crippen molar-refractivity contribution in [2.45, 2.75) is 45.1 Å². The van der Waals surface area contributed by atoms with Crippen LogP contribution in [0.1, 0.15) is 37.5 Å². The van der Waals surface area contributed by atoms with Crippen molar-refractivity contribution in [1.29, 1.82) is 0 Å². The molecule has 0 spiro atoms. The predicted molar refractivity (Wildman–Crippen MR) is 77.6 cm³/mol. The monoisotopic (exact) mass is 313 g/mol. The first kappa shape index (κ1) is 12.2. The van der Waals surface area contributed by atoms with E-state index in [0.29, 0.717) is 5.41 Å². The zero-order valence-corrected chi connectivity index (χ0v) is 12.7. The Labute approximate surface area is 116 Å². The fraction of sp³-hybridized carbons (Fsp3) is 0.714. The molecule has 0 aromatic carbocycles. The van der Waals surface area contributed by atoms with E-state index in [-0.39, 0.29) is 0 Å². The van der Waals surface area contributed by atoms with E-state index in [1.807, 2.05) is 11.3 Å². The standard InChI is InChI=1S/C14H20BrNS/c1-14(10-2-3-10,9-16-12-4-5-12)7-13-6-11(15)8-17-13/h6,8,10,12,16H,2-5,7,9H2,1H3. The van der Waals surface area contributed by atoms with E-state index in [1.165, 1.54) is 48.0 Å². The third-order valence-corrected chi connectivity index (χ3v) is 5.83. The summed E-state index contributed by atoms with van der Waals surface area (Å²) in [5.41, 5.74) is 0.479. The molecule has 0 amide bonds. The van der Waals surface area contributed by atoms with Gasteiger partial charge in [-0.05, 0) is 65.4 Å². The Balaban J connectivity index is 1.65. The molecule has 1 atom stereocenters. The number of halogens is 1. The molecule has 1 aromatic heterocycles. The van der Waals surface area contributed by atoms with E-state index in [0.717, 1.165) is 12.0 Å². The highest BCUT2D eigenvalue weighted by molar-refractivity contribution is 9.10. The van der Waals surface area contributed by atoms with E-state index in [9.17, 15) is 0 Å². The highest BCUT2D eigenvalue weighted by Crippen LogP contribution is 2.48. The lowest BCUT2D eigenvalue weighted by atomic mass is 9.81. The molecule has 2 saturated carbocycles. The van der Waals surface area contributed by atoms with Gasteiger partial charge in [0.2, 0.25) is 0 Å². The van der Waals surface area contributed by atoms with Crippen molar-refractivity contribution < 1.29 is 0 Å². The van der Waals surface area contributed by atoms with Crippen LogP contribution in [0.3, 0.4) is 0 Å². The van der Waals surface area contributed by atoms with Gasteiger partial charge in [0.15, 0.2) is 0 Å². The van der Waals surface area contributed by atoms with Crippen LogP contribution in [0.15, 0.2) is 15.9 Å². The molecule has 3 heteroatoms. The van der Waals surface area contributed by atoms with Gasteiger partial charge in [0.25, 0.3) is 0 Å². The van der Waals surface area contributed by atoms with Gasteiger partial charge >= 0.3 is 0 Å². The SMILES string of the molecule is CC(CNC1CC1)(Cc1cc(Br)cs1)C1CC1. The minimum atomic E-state index is 0.479. The molecule has 3 rings (SSSR count). The molecule has 1 unspecified atom stereocenters. The second-order valence-electron chi connectivity index (χ2n) is 5.99. The first-order valence-electron chi connectivity index (χ1n) is 6.62. The Hall–Kier alpha value is 0.140. The van der Waals surface area contributed by atoms with Crippen LogP contribution in [-0.4, -0.2) is 12.6 Å². The molecule has 0 radical (unpaired) electrons. The molecule has 0 saturated heterocycles. The summed E-state index contributed by atoms with van der Waals surface area (Å²) in [4.78, 5) is 1.53. The lowest BCUT2D eigenvalue weighted by Gasteiger charge is -2.30. The fourth-order valence-electron chi connectivity index (χ4n) is 2.64. The van der Waals surface area contributed by atoms with Crippen molar-refractivity contribution >= 4 is 27.3 Å². The van der Waals surface area contributed by atoms with Crippen LogP contribution in [0, 0.1) is 11.3 Å². The minimum Gasteiger partial charge on any atom is -0.313 e. The second kappa shape index (κ2) is 4.67. The molecule has 2 aliphatic rings. The molecule has 17 heavy (non-hydrogen) atoms. The van der Waals surface area contributed by atoms with E-state index in [4.69, 9.17) is 0 Å². The molecule has 2 fully saturated rings. The summed E-state index contributed by atoms with van der Waals surface area (Å²) < 4.78 is 1.24. The molecule has 1 nitrogen and oxygen atoms in total. The van der Waals surface area contributed by atoms with E-state index in [2.05, 4.69) is 39.6 Å². The lowest BCUT2D eigenvalue weighted by Crippen LogP contribution is -2.36. The molecule has 1 aromatic rings. The predicted octanol–water partition coefficient (Wildman–Crippen LogP) is 4.22. The summed E-state index contributed by atoms with van der Waals surface area (Å²) in [5, 5.41) is 5.94. The zero-order chi connectivity index (χ0) is 11.9. The summed E-state index contributed by atoms with van der Waals surface area (Å²) in [6.45, 7) is 3.69. The molecular weight excluding hydrogens is 294 g/mol. The van der Waals surface area contributed by atoms with Gasteiger partial charge in [0, 0.05) is 27.3 Å². The molecule has 1 N–H and O–H groups in total. The van der Waals surface area contributed by atoms with Crippen molar-refractivity contribution in [2.75, 3.05) is 6.54 Å². The fourth-order valence-corrected chi connectivity index (χ4v) is 4.29. The van der Waals surface area contributed by atoms with Gasteiger partial charge in [0.1, 0.15) is 0 Å². The van der Waals surface area contributed by atoms with Crippen molar-refractivity contribution in [3.8, 4) is 0 Å². The highest BCUT2D eigenvalue weighted by atomic mass is 79.9. The van der Waals surface area contributed by atoms with Gasteiger partial charge in [-0.1, -0.05) is 6.92 Å². The van der Waals surface area contributed by atoms with Crippen molar-refractivity contribution in [3.63, 3.8) is 0 Å². The Morgan fingerprint density at radius 2 is 2.18 bits per heavy atom. The van der Waals surface area contributed by atoms with E-state index >= 15 is 0 Å². The third kappa shape index (κ3) is 3.12. The highest BCUT2D eigenvalue weighted by Gasteiger charge is 2.42. The number of rotatable bonds is 6. The maximum atomic E-state index is 3.74. The van der Waals surface area contributed by atoms with Crippen LogP contribution in [0.5, 0.6) is 0 Å². The van der Waals surface area contributed by atoms with Crippen LogP contribution in [0.25, 0.3) is 0 Å². The Morgan fingerprint density at radius 1 is 1.41 bits per heavy atom. The molecule has 0 aliphatic heterocycles. The number of thiophene rings is 1. The van der Waals surface area contributed by atoms with Crippen LogP contribution >= 0.6 is 27.3 Å². The zero-order valence-electron chi connectivity index (χ0n) is 10.3. The van der Waals surface area contributed by atoms with Gasteiger partial charge in [-0.15, -0.1) is 11.3 Å². The van der Waals surface area contributed by atoms with Gasteiger partial charge in [-0.2, -0.15) is 0 Å². The van der Waals surface area contributed by atoms with Gasteiger partial charge in [-0.3, -0.25) is 0 Å². The van der Waals surface area contributed by atoms with E-state index < -0.39 is 0 Å². The smallest absolute Gasteiger partial charge is 0.0285 e. The average Bonchev–Trinajstić information content (AvgIpc) is 3.16. The Kier molecular flexibility index (Phi) is 3.35. The summed E-state index contributed by atoms with van der Waals surface area (Å²) >= 11 is 5.46. The number of hydrogen-bond acceptors (Lipinski definition) is 2. The summed E-state index contributed by atoms with van der Waals surface area (Å²) in [7, 11) is 0. The first-order valence-corrected chi connectivity index (χ1v) is 8.29. The Morgan fingerprint density at radius 3 is 2.71 bits per heavy atom. The second-order valence-corrected chi connectivity index (χ2v) is 7.90. The average molecular weight is 314 g/mol.